The number of nitrogens with zero attached hydrogens (tertiary/aromatic N) is 2. The third-order valence-electron chi connectivity index (χ3n) is 3.29. The van der Waals surface area contributed by atoms with E-state index in [1.165, 1.54) is 5.56 Å². The first-order chi connectivity index (χ1) is 10.6. The third kappa shape index (κ3) is 3.26. The summed E-state index contributed by atoms with van der Waals surface area (Å²) in [6, 6.07) is 17.8. The first kappa shape index (κ1) is 14.5. The van der Waals surface area contributed by atoms with E-state index in [1.54, 1.807) is 0 Å². The van der Waals surface area contributed by atoms with Gasteiger partial charge in [-0.2, -0.15) is 0 Å². The van der Waals surface area contributed by atoms with Gasteiger partial charge < -0.3 is 5.32 Å². The lowest BCUT2D eigenvalue weighted by Crippen LogP contribution is -1.99. The Kier molecular flexibility index (Phi) is 4.07. The molecular weight excluding hydrogens is 294 g/mol. The van der Waals surface area contributed by atoms with Crippen molar-refractivity contribution >= 4 is 23.1 Å². The summed E-state index contributed by atoms with van der Waals surface area (Å²) in [6.45, 7) is 3.96. The van der Waals surface area contributed by atoms with Gasteiger partial charge >= 0.3 is 0 Å². The molecule has 0 spiro atoms. The highest BCUT2D eigenvalue weighted by Gasteiger charge is 2.06. The molecule has 0 saturated heterocycles. The molecule has 1 N–H and O–H groups in total. The smallest absolute Gasteiger partial charge is 0.134 e. The fraction of sp³-hybridized carbons (Fsp3) is 0.111. The molecule has 0 atom stereocenters. The van der Waals surface area contributed by atoms with E-state index in [9.17, 15) is 0 Å². The van der Waals surface area contributed by atoms with Gasteiger partial charge in [-0.3, -0.25) is 0 Å². The van der Waals surface area contributed by atoms with E-state index in [0.717, 1.165) is 22.8 Å². The maximum Gasteiger partial charge on any atom is 0.134 e. The molecule has 0 saturated carbocycles. The summed E-state index contributed by atoms with van der Waals surface area (Å²) in [5.74, 6) is 1.45. The normalized spacial score (nSPS) is 10.5. The van der Waals surface area contributed by atoms with Gasteiger partial charge in [-0.15, -0.1) is 0 Å². The summed E-state index contributed by atoms with van der Waals surface area (Å²) < 4.78 is 0. The molecule has 3 nitrogen and oxygen atoms in total. The van der Waals surface area contributed by atoms with Gasteiger partial charge in [-0.05, 0) is 32.0 Å². The van der Waals surface area contributed by atoms with Crippen molar-refractivity contribution in [2.45, 2.75) is 13.8 Å². The van der Waals surface area contributed by atoms with Crippen molar-refractivity contribution in [3.63, 3.8) is 0 Å². The van der Waals surface area contributed by atoms with Gasteiger partial charge in [0.05, 0.1) is 16.4 Å². The summed E-state index contributed by atoms with van der Waals surface area (Å²) in [4.78, 5) is 8.96. The largest absolute Gasteiger partial charge is 0.339 e. The number of nitrogens with one attached hydrogen (secondary N) is 1. The van der Waals surface area contributed by atoms with Crippen LogP contribution in [0.1, 0.15) is 11.4 Å². The molecule has 0 bridgehead atoms. The minimum absolute atomic E-state index is 0.663. The summed E-state index contributed by atoms with van der Waals surface area (Å²) in [5.41, 5.74) is 4.00. The zero-order chi connectivity index (χ0) is 15.5. The molecule has 1 aromatic heterocycles. The van der Waals surface area contributed by atoms with E-state index < -0.39 is 0 Å². The molecule has 2 aromatic carbocycles. The molecule has 0 amide bonds. The number of rotatable bonds is 3. The van der Waals surface area contributed by atoms with E-state index in [0.29, 0.717) is 10.8 Å². The highest BCUT2D eigenvalue weighted by molar-refractivity contribution is 6.33. The van der Waals surface area contributed by atoms with E-state index in [1.807, 2.05) is 49.4 Å². The van der Waals surface area contributed by atoms with E-state index >= 15 is 0 Å². The van der Waals surface area contributed by atoms with Crippen LogP contribution < -0.4 is 5.32 Å². The summed E-state index contributed by atoms with van der Waals surface area (Å²) in [7, 11) is 0. The Morgan fingerprint density at radius 1 is 0.909 bits per heavy atom. The van der Waals surface area contributed by atoms with E-state index in [2.05, 4.69) is 34.3 Å². The quantitative estimate of drug-likeness (QED) is 0.726. The molecule has 0 fully saturated rings. The first-order valence-corrected chi connectivity index (χ1v) is 7.44. The Labute approximate surface area is 135 Å². The molecular formula is C18H16ClN3. The van der Waals surface area contributed by atoms with Gasteiger partial charge in [0.1, 0.15) is 11.6 Å². The number of benzene rings is 2. The number of anilines is 2. The minimum atomic E-state index is 0.663. The van der Waals surface area contributed by atoms with Gasteiger partial charge in [0.15, 0.2) is 0 Å². The Morgan fingerprint density at radius 3 is 2.50 bits per heavy atom. The van der Waals surface area contributed by atoms with Crippen molar-refractivity contribution in [3.8, 4) is 11.3 Å². The van der Waals surface area contributed by atoms with Gasteiger partial charge in [-0.1, -0.05) is 47.5 Å². The molecule has 1 heterocycles. The second-order valence-corrected chi connectivity index (χ2v) is 5.57. The Morgan fingerprint density at radius 2 is 1.73 bits per heavy atom. The molecule has 22 heavy (non-hydrogen) atoms. The first-order valence-electron chi connectivity index (χ1n) is 7.06. The maximum atomic E-state index is 6.19. The van der Waals surface area contributed by atoms with Crippen LogP contribution in [0.25, 0.3) is 11.3 Å². The van der Waals surface area contributed by atoms with E-state index in [-0.39, 0.29) is 0 Å². The molecule has 0 aliphatic carbocycles. The summed E-state index contributed by atoms with van der Waals surface area (Å²) in [6.07, 6.45) is 0. The Bertz CT molecular complexity index is 815. The summed E-state index contributed by atoms with van der Waals surface area (Å²) in [5, 5.41) is 3.92. The number of hydrogen-bond donors (Lipinski definition) is 1. The summed E-state index contributed by atoms with van der Waals surface area (Å²) >= 11 is 6.19. The molecule has 0 aliphatic heterocycles. The molecule has 0 aliphatic rings. The highest BCUT2D eigenvalue weighted by atomic mass is 35.5. The van der Waals surface area contributed by atoms with Crippen LogP contribution in [-0.4, -0.2) is 9.97 Å². The second-order valence-electron chi connectivity index (χ2n) is 5.16. The fourth-order valence-electron chi connectivity index (χ4n) is 2.28. The van der Waals surface area contributed by atoms with Crippen molar-refractivity contribution in [2.75, 3.05) is 5.32 Å². The van der Waals surface area contributed by atoms with Gasteiger partial charge in [0.25, 0.3) is 0 Å². The average Bonchev–Trinajstić information content (AvgIpc) is 2.49. The van der Waals surface area contributed by atoms with Crippen LogP contribution in [0.2, 0.25) is 5.02 Å². The Hall–Kier alpha value is -2.39. The van der Waals surface area contributed by atoms with Crippen molar-refractivity contribution < 1.29 is 0 Å². The molecule has 110 valence electrons. The van der Waals surface area contributed by atoms with Crippen LogP contribution in [0, 0.1) is 13.8 Å². The molecule has 4 heteroatoms. The predicted molar refractivity (Wildman–Crippen MR) is 91.7 cm³/mol. The average molecular weight is 310 g/mol. The van der Waals surface area contributed by atoms with Crippen molar-refractivity contribution in [3.05, 3.63) is 71.0 Å². The molecule has 3 aromatic rings. The third-order valence-corrected chi connectivity index (χ3v) is 3.62. The number of aromatic nitrogens is 2. The van der Waals surface area contributed by atoms with Gasteiger partial charge in [0, 0.05) is 11.6 Å². The van der Waals surface area contributed by atoms with Gasteiger partial charge in [-0.25, -0.2) is 9.97 Å². The minimum Gasteiger partial charge on any atom is -0.339 e. The number of hydrogen-bond acceptors (Lipinski definition) is 3. The van der Waals surface area contributed by atoms with Crippen LogP contribution in [0.3, 0.4) is 0 Å². The maximum absolute atomic E-state index is 6.19. The van der Waals surface area contributed by atoms with Crippen LogP contribution in [-0.2, 0) is 0 Å². The SMILES string of the molecule is Cc1cccc(-c2cc(Nc3ccccc3Cl)nc(C)n2)c1. The van der Waals surface area contributed by atoms with Crippen LogP contribution >= 0.6 is 11.6 Å². The molecule has 0 radical (unpaired) electrons. The predicted octanol–water partition coefficient (Wildman–Crippen LogP) is 5.16. The topological polar surface area (TPSA) is 37.8 Å². The monoisotopic (exact) mass is 309 g/mol. The number of halogens is 1. The Balaban J connectivity index is 1.98. The lowest BCUT2D eigenvalue weighted by molar-refractivity contribution is 1.06. The van der Waals surface area contributed by atoms with Crippen LogP contribution in [0.15, 0.2) is 54.6 Å². The zero-order valence-electron chi connectivity index (χ0n) is 12.5. The lowest BCUT2D eigenvalue weighted by Gasteiger charge is -2.10. The van der Waals surface area contributed by atoms with Crippen molar-refractivity contribution in [1.29, 1.82) is 0 Å². The zero-order valence-corrected chi connectivity index (χ0v) is 13.2. The standard InChI is InChI=1S/C18H16ClN3/c1-12-6-5-7-14(10-12)17-11-18(21-13(2)20-17)22-16-9-4-3-8-15(16)19/h3-11H,1-2H3,(H,20,21,22). The highest BCUT2D eigenvalue weighted by Crippen LogP contribution is 2.26. The molecule has 0 unspecified atom stereocenters. The van der Waals surface area contributed by atoms with Crippen LogP contribution in [0.5, 0.6) is 0 Å². The van der Waals surface area contributed by atoms with Crippen molar-refractivity contribution in [2.24, 2.45) is 0 Å². The van der Waals surface area contributed by atoms with E-state index in [4.69, 9.17) is 11.6 Å². The second kappa shape index (κ2) is 6.16. The van der Waals surface area contributed by atoms with Crippen LogP contribution in [0.4, 0.5) is 11.5 Å². The fourth-order valence-corrected chi connectivity index (χ4v) is 2.47. The number of aryl methyl sites for hydroxylation is 2. The molecule has 3 rings (SSSR count). The van der Waals surface area contributed by atoms with Gasteiger partial charge in [0.2, 0.25) is 0 Å². The number of para-hydroxylation sites is 1. The van der Waals surface area contributed by atoms with Crippen molar-refractivity contribution in [1.82, 2.24) is 9.97 Å². The lowest BCUT2D eigenvalue weighted by atomic mass is 10.1.